The lowest BCUT2D eigenvalue weighted by molar-refractivity contribution is 0.293. The number of hydrogen-bond acceptors (Lipinski definition) is 2. The van der Waals surface area contributed by atoms with Crippen LogP contribution in [0.4, 0.5) is 0 Å². The second kappa shape index (κ2) is 5.15. The van der Waals surface area contributed by atoms with Gasteiger partial charge in [0, 0.05) is 13.1 Å². The summed E-state index contributed by atoms with van der Waals surface area (Å²) in [4.78, 5) is 8.63. The van der Waals surface area contributed by atoms with E-state index in [1.165, 1.54) is 0 Å². The van der Waals surface area contributed by atoms with Gasteiger partial charge in [-0.1, -0.05) is 12.2 Å². The molecule has 1 unspecified atom stereocenters. The highest BCUT2D eigenvalue weighted by Crippen LogP contribution is 2.35. The van der Waals surface area contributed by atoms with E-state index in [2.05, 4.69) is 10.4 Å². The van der Waals surface area contributed by atoms with Gasteiger partial charge >= 0.3 is 7.60 Å². The highest BCUT2D eigenvalue weighted by atomic mass is 31.2. The van der Waals surface area contributed by atoms with Crippen LogP contribution in [0.25, 0.3) is 0 Å². The molecule has 0 aliphatic carbocycles. The molecule has 0 heterocycles. The lowest BCUT2D eigenvalue weighted by atomic mass is 10.4. The van der Waals surface area contributed by atoms with Crippen molar-refractivity contribution in [3.63, 3.8) is 0 Å². The van der Waals surface area contributed by atoms with Crippen LogP contribution in [0.3, 0.4) is 0 Å². The third kappa shape index (κ3) is 9.45. The summed E-state index contributed by atoms with van der Waals surface area (Å²) in [7, 11) is -3.32. The molecule has 0 aromatic carbocycles. The smallest absolute Gasteiger partial charge is 0.324 e. The van der Waals surface area contributed by atoms with Crippen molar-refractivity contribution in [3.05, 3.63) is 12.2 Å². The van der Waals surface area contributed by atoms with E-state index in [1.807, 2.05) is 0 Å². The Balaban J connectivity index is 3.44. The third-order valence-electron chi connectivity index (χ3n) is 0.813. The van der Waals surface area contributed by atoms with Crippen molar-refractivity contribution in [2.24, 2.45) is 0 Å². The van der Waals surface area contributed by atoms with Crippen molar-refractivity contribution in [1.82, 2.24) is 0 Å². The zero-order chi connectivity index (χ0) is 8.74. The first-order chi connectivity index (χ1) is 5.06. The Morgan fingerprint density at radius 3 is 2.82 bits per heavy atom. The van der Waals surface area contributed by atoms with Gasteiger partial charge in [0.25, 0.3) is 0 Å². The molecular formula is C7H11O3P. The van der Waals surface area contributed by atoms with Gasteiger partial charge in [0.05, 0.1) is 6.61 Å². The average Bonchev–Trinajstić information content (AvgIpc) is 1.85. The van der Waals surface area contributed by atoms with Crippen molar-refractivity contribution in [2.45, 2.75) is 6.42 Å². The molecule has 1 atom stereocenters. The second-order valence-electron chi connectivity index (χ2n) is 1.98. The van der Waals surface area contributed by atoms with E-state index in [-0.39, 0.29) is 6.61 Å². The van der Waals surface area contributed by atoms with Gasteiger partial charge in [-0.2, -0.15) is 0 Å². The molecule has 0 bridgehead atoms. The molecule has 0 aliphatic rings. The highest BCUT2D eigenvalue weighted by molar-refractivity contribution is 7.51. The average molecular weight is 174 g/mol. The van der Waals surface area contributed by atoms with Crippen molar-refractivity contribution in [2.75, 3.05) is 13.3 Å². The number of rotatable bonds is 4. The first-order valence-corrected chi connectivity index (χ1v) is 5.12. The van der Waals surface area contributed by atoms with Crippen LogP contribution in [-0.2, 0) is 9.09 Å². The molecule has 0 spiro atoms. The Morgan fingerprint density at radius 2 is 2.36 bits per heavy atom. The monoisotopic (exact) mass is 174 g/mol. The molecule has 0 amide bonds. The molecule has 0 saturated heterocycles. The van der Waals surface area contributed by atoms with Gasteiger partial charge in [0.15, 0.2) is 0 Å². The minimum atomic E-state index is -3.32. The fraction of sp³-hybridized carbons (Fsp3) is 0.429. The van der Waals surface area contributed by atoms with Gasteiger partial charge in [-0.05, 0) is 0 Å². The highest BCUT2D eigenvalue weighted by Gasteiger charge is 2.06. The van der Waals surface area contributed by atoms with Gasteiger partial charge in [0.2, 0.25) is 0 Å². The Morgan fingerprint density at radius 1 is 1.73 bits per heavy atom. The van der Waals surface area contributed by atoms with Crippen LogP contribution in [-0.4, -0.2) is 18.2 Å². The summed E-state index contributed by atoms with van der Waals surface area (Å²) in [6, 6.07) is 0. The van der Waals surface area contributed by atoms with Crippen molar-refractivity contribution in [3.8, 4) is 12.3 Å². The Hall–Kier alpha value is -0.550. The van der Waals surface area contributed by atoms with Crippen molar-refractivity contribution >= 4 is 7.60 Å². The van der Waals surface area contributed by atoms with Gasteiger partial charge in [-0.25, -0.2) is 0 Å². The standard InChI is InChI=1S/C7H11O3P/c1-3-4-5-6-7-10-11(2,8)9/h1,5-6H,4,7H2,2H3,(H,8,9). The summed E-state index contributed by atoms with van der Waals surface area (Å²) >= 11 is 0. The van der Waals surface area contributed by atoms with Crippen LogP contribution < -0.4 is 0 Å². The van der Waals surface area contributed by atoms with E-state index in [4.69, 9.17) is 11.3 Å². The Labute approximate surface area is 66.6 Å². The van der Waals surface area contributed by atoms with Crippen LogP contribution in [0.2, 0.25) is 0 Å². The zero-order valence-electron chi connectivity index (χ0n) is 6.36. The molecule has 0 saturated carbocycles. The van der Waals surface area contributed by atoms with E-state index in [0.717, 1.165) is 6.66 Å². The van der Waals surface area contributed by atoms with Crippen LogP contribution in [0.5, 0.6) is 0 Å². The summed E-state index contributed by atoms with van der Waals surface area (Å²) in [5.41, 5.74) is 0. The summed E-state index contributed by atoms with van der Waals surface area (Å²) in [5.74, 6) is 2.39. The number of allylic oxidation sites excluding steroid dienone is 1. The van der Waals surface area contributed by atoms with Crippen LogP contribution >= 0.6 is 7.60 Å². The van der Waals surface area contributed by atoms with Crippen LogP contribution in [0, 0.1) is 12.3 Å². The number of hydrogen-bond donors (Lipinski definition) is 1. The van der Waals surface area contributed by atoms with E-state index < -0.39 is 7.60 Å². The lowest BCUT2D eigenvalue weighted by Gasteiger charge is -2.01. The van der Waals surface area contributed by atoms with Gasteiger partial charge in [-0.3, -0.25) is 4.57 Å². The maximum Gasteiger partial charge on any atom is 0.325 e. The Kier molecular flexibility index (Phi) is 4.89. The maximum absolute atomic E-state index is 10.5. The summed E-state index contributed by atoms with van der Waals surface area (Å²) in [6.45, 7) is 1.27. The summed E-state index contributed by atoms with van der Waals surface area (Å²) in [5, 5.41) is 0. The molecule has 4 heteroatoms. The quantitative estimate of drug-likeness (QED) is 0.398. The maximum atomic E-state index is 10.5. The Bertz CT molecular complexity index is 208. The molecule has 0 aromatic rings. The van der Waals surface area contributed by atoms with Crippen molar-refractivity contribution in [1.29, 1.82) is 0 Å². The van der Waals surface area contributed by atoms with E-state index in [1.54, 1.807) is 12.2 Å². The minimum Gasteiger partial charge on any atom is -0.324 e. The fourth-order valence-electron chi connectivity index (χ4n) is 0.401. The second-order valence-corrected chi connectivity index (χ2v) is 3.84. The topological polar surface area (TPSA) is 46.5 Å². The van der Waals surface area contributed by atoms with Crippen LogP contribution in [0.1, 0.15) is 6.42 Å². The number of terminal acetylenes is 1. The van der Waals surface area contributed by atoms with Gasteiger partial charge < -0.3 is 9.42 Å². The molecule has 11 heavy (non-hydrogen) atoms. The van der Waals surface area contributed by atoms with Gasteiger partial charge in [-0.15, -0.1) is 12.3 Å². The largest absolute Gasteiger partial charge is 0.325 e. The molecule has 0 aromatic heterocycles. The molecule has 0 radical (unpaired) electrons. The molecule has 0 rings (SSSR count). The fourth-order valence-corrected chi connectivity index (χ4v) is 0.763. The SMILES string of the molecule is C#CCC=CCOP(C)(=O)O. The normalized spacial score (nSPS) is 16.1. The predicted molar refractivity (Wildman–Crippen MR) is 44.3 cm³/mol. The first-order valence-electron chi connectivity index (χ1n) is 3.09. The third-order valence-corrected chi connectivity index (χ3v) is 1.44. The zero-order valence-corrected chi connectivity index (χ0v) is 7.25. The van der Waals surface area contributed by atoms with Gasteiger partial charge in [0.1, 0.15) is 0 Å². The minimum absolute atomic E-state index is 0.131. The summed E-state index contributed by atoms with van der Waals surface area (Å²) in [6.07, 6.45) is 8.79. The first kappa shape index (κ1) is 10.4. The van der Waals surface area contributed by atoms with E-state index in [0.29, 0.717) is 6.42 Å². The van der Waals surface area contributed by atoms with E-state index >= 15 is 0 Å². The molecule has 3 nitrogen and oxygen atoms in total. The van der Waals surface area contributed by atoms with E-state index in [9.17, 15) is 4.57 Å². The van der Waals surface area contributed by atoms with Crippen molar-refractivity contribution < 1.29 is 14.0 Å². The molecule has 0 fully saturated rings. The molecule has 0 aliphatic heterocycles. The lowest BCUT2D eigenvalue weighted by Crippen LogP contribution is -1.86. The predicted octanol–water partition coefficient (Wildman–Crippen LogP) is 1.40. The molecule has 1 N–H and O–H groups in total. The molecular weight excluding hydrogens is 163 g/mol. The van der Waals surface area contributed by atoms with Crippen LogP contribution in [0.15, 0.2) is 12.2 Å². The molecule has 62 valence electrons. The summed E-state index contributed by atoms with van der Waals surface area (Å²) < 4.78 is 15.0.